The van der Waals surface area contributed by atoms with Gasteiger partial charge in [-0.25, -0.2) is 4.99 Å². The number of fused-ring (bicyclic) bond motifs is 1. The molecule has 2 aromatic carbocycles. The average molecular weight is 325 g/mol. The van der Waals surface area contributed by atoms with Gasteiger partial charge in [-0.2, -0.15) is 0 Å². The number of ether oxygens (including phenoxy) is 2. The van der Waals surface area contributed by atoms with Gasteiger partial charge in [0.1, 0.15) is 11.5 Å². The molecule has 0 unspecified atom stereocenters. The van der Waals surface area contributed by atoms with Gasteiger partial charge in [0.05, 0.1) is 20.8 Å². The lowest BCUT2D eigenvalue weighted by Gasteiger charge is -2.10. The Morgan fingerprint density at radius 1 is 1.08 bits per heavy atom. The van der Waals surface area contributed by atoms with Crippen LogP contribution in [0.15, 0.2) is 41.4 Å². The molecule has 0 saturated heterocycles. The number of nitrogens with one attached hydrogen (secondary N) is 1. The van der Waals surface area contributed by atoms with E-state index >= 15 is 0 Å². The van der Waals surface area contributed by atoms with Gasteiger partial charge in [0.15, 0.2) is 5.96 Å². The molecule has 0 saturated carbocycles. The summed E-state index contributed by atoms with van der Waals surface area (Å²) in [4.78, 5) is 4.42. The number of aryl methyl sites for hydroxylation is 2. The zero-order valence-electron chi connectivity index (χ0n) is 14.1. The first kappa shape index (κ1) is 16.2. The quantitative estimate of drug-likeness (QED) is 0.654. The smallest absolute Gasteiger partial charge is 0.193 e. The minimum atomic E-state index is 0.387. The standard InChI is InChI=1S/C19H23N3O2/c1-23-17-8-9-18(24-2)15(11-17)12-21-19(20)22-16-7-6-13-4-3-5-14(13)10-16/h6-11H,3-5,12H2,1-2H3,(H3,20,21,22). The highest BCUT2D eigenvalue weighted by Gasteiger charge is 2.11. The van der Waals surface area contributed by atoms with Crippen molar-refractivity contribution in [3.63, 3.8) is 0 Å². The summed E-state index contributed by atoms with van der Waals surface area (Å²) in [5.41, 5.74) is 10.8. The van der Waals surface area contributed by atoms with Crippen molar-refractivity contribution < 1.29 is 9.47 Å². The fraction of sp³-hybridized carbons (Fsp3) is 0.316. The fourth-order valence-corrected chi connectivity index (χ4v) is 3.01. The second kappa shape index (κ2) is 7.25. The molecule has 2 aromatic rings. The van der Waals surface area contributed by atoms with E-state index in [0.717, 1.165) is 29.2 Å². The van der Waals surface area contributed by atoms with Gasteiger partial charge in [-0.3, -0.25) is 0 Å². The molecule has 0 fully saturated rings. The monoisotopic (exact) mass is 325 g/mol. The molecule has 0 aromatic heterocycles. The lowest BCUT2D eigenvalue weighted by Crippen LogP contribution is -2.22. The van der Waals surface area contributed by atoms with Crippen molar-refractivity contribution in [2.45, 2.75) is 25.8 Å². The van der Waals surface area contributed by atoms with Crippen LogP contribution in [0.5, 0.6) is 11.5 Å². The molecule has 1 aliphatic rings. The molecule has 0 heterocycles. The van der Waals surface area contributed by atoms with E-state index < -0.39 is 0 Å². The lowest BCUT2D eigenvalue weighted by atomic mass is 10.1. The molecule has 24 heavy (non-hydrogen) atoms. The number of nitrogens with zero attached hydrogens (tertiary/aromatic N) is 1. The van der Waals surface area contributed by atoms with E-state index in [1.807, 2.05) is 18.2 Å². The molecular weight excluding hydrogens is 302 g/mol. The Bertz CT molecular complexity index is 756. The van der Waals surface area contributed by atoms with Gasteiger partial charge in [-0.15, -0.1) is 0 Å². The summed E-state index contributed by atoms with van der Waals surface area (Å²) in [5, 5.41) is 3.16. The van der Waals surface area contributed by atoms with Crippen molar-refractivity contribution in [2.24, 2.45) is 10.7 Å². The Morgan fingerprint density at radius 3 is 2.71 bits per heavy atom. The summed E-state index contributed by atoms with van der Waals surface area (Å²) in [6.45, 7) is 0.421. The largest absolute Gasteiger partial charge is 0.497 e. The van der Waals surface area contributed by atoms with Crippen molar-refractivity contribution in [3.05, 3.63) is 53.1 Å². The second-order valence-corrected chi connectivity index (χ2v) is 5.84. The summed E-state index contributed by atoms with van der Waals surface area (Å²) in [6.07, 6.45) is 3.55. The van der Waals surface area contributed by atoms with Crippen LogP contribution in [-0.2, 0) is 19.4 Å². The zero-order valence-corrected chi connectivity index (χ0v) is 14.1. The molecule has 126 valence electrons. The third-order valence-electron chi connectivity index (χ3n) is 4.28. The fourth-order valence-electron chi connectivity index (χ4n) is 3.01. The number of rotatable bonds is 5. The van der Waals surface area contributed by atoms with E-state index in [1.54, 1.807) is 14.2 Å². The van der Waals surface area contributed by atoms with Crippen LogP contribution in [0.2, 0.25) is 0 Å². The first-order valence-corrected chi connectivity index (χ1v) is 8.09. The molecule has 3 N–H and O–H groups in total. The predicted octanol–water partition coefficient (Wildman–Crippen LogP) is 3.12. The van der Waals surface area contributed by atoms with E-state index in [9.17, 15) is 0 Å². The number of nitrogens with two attached hydrogens (primary N) is 1. The van der Waals surface area contributed by atoms with E-state index in [4.69, 9.17) is 15.2 Å². The van der Waals surface area contributed by atoms with Crippen LogP contribution in [0.3, 0.4) is 0 Å². The first-order valence-electron chi connectivity index (χ1n) is 8.09. The maximum absolute atomic E-state index is 6.03. The maximum atomic E-state index is 6.03. The number of guanidine groups is 1. The van der Waals surface area contributed by atoms with Crippen molar-refractivity contribution in [3.8, 4) is 11.5 Å². The Balaban J connectivity index is 1.70. The topological polar surface area (TPSA) is 68.9 Å². The number of methoxy groups -OCH3 is 2. The van der Waals surface area contributed by atoms with Crippen molar-refractivity contribution in [1.82, 2.24) is 0 Å². The number of anilines is 1. The molecule has 0 radical (unpaired) electrons. The third kappa shape index (κ3) is 3.62. The molecule has 5 heteroatoms. The van der Waals surface area contributed by atoms with Crippen LogP contribution in [0.1, 0.15) is 23.1 Å². The number of hydrogen-bond acceptors (Lipinski definition) is 3. The Labute approximate surface area is 142 Å². The van der Waals surface area contributed by atoms with Crippen molar-refractivity contribution >= 4 is 11.6 Å². The molecule has 5 nitrogen and oxygen atoms in total. The second-order valence-electron chi connectivity index (χ2n) is 5.84. The molecule has 0 bridgehead atoms. The molecule has 0 aliphatic heterocycles. The van der Waals surface area contributed by atoms with E-state index in [1.165, 1.54) is 24.0 Å². The van der Waals surface area contributed by atoms with Gasteiger partial charge in [0.2, 0.25) is 0 Å². The molecule has 0 spiro atoms. The molecule has 0 atom stereocenters. The van der Waals surface area contributed by atoms with Gasteiger partial charge >= 0.3 is 0 Å². The number of hydrogen-bond donors (Lipinski definition) is 2. The molecule has 0 amide bonds. The summed E-state index contributed by atoms with van der Waals surface area (Å²) < 4.78 is 10.6. The summed E-state index contributed by atoms with van der Waals surface area (Å²) in [6, 6.07) is 12.0. The summed E-state index contributed by atoms with van der Waals surface area (Å²) >= 11 is 0. The van der Waals surface area contributed by atoms with Gasteiger partial charge < -0.3 is 20.5 Å². The predicted molar refractivity (Wildman–Crippen MR) is 97.0 cm³/mol. The van der Waals surface area contributed by atoms with E-state index in [0.29, 0.717) is 12.5 Å². The molecule has 3 rings (SSSR count). The SMILES string of the molecule is COc1ccc(OC)c(CN=C(N)Nc2ccc3c(c2)CCC3)c1. The zero-order chi connectivity index (χ0) is 16.9. The van der Waals surface area contributed by atoms with Crippen LogP contribution < -0.4 is 20.5 Å². The molecule has 1 aliphatic carbocycles. The van der Waals surface area contributed by atoms with Crippen LogP contribution in [0, 0.1) is 0 Å². The first-order chi connectivity index (χ1) is 11.7. The highest BCUT2D eigenvalue weighted by atomic mass is 16.5. The average Bonchev–Trinajstić information content (AvgIpc) is 3.07. The highest BCUT2D eigenvalue weighted by molar-refractivity contribution is 5.92. The minimum absolute atomic E-state index is 0.387. The van der Waals surface area contributed by atoms with Gasteiger partial charge in [0.25, 0.3) is 0 Å². The van der Waals surface area contributed by atoms with Crippen LogP contribution in [0.25, 0.3) is 0 Å². The number of benzene rings is 2. The Kier molecular flexibility index (Phi) is 4.89. The van der Waals surface area contributed by atoms with Crippen LogP contribution in [0.4, 0.5) is 5.69 Å². The van der Waals surface area contributed by atoms with Gasteiger partial charge in [0, 0.05) is 11.3 Å². The summed E-state index contributed by atoms with van der Waals surface area (Å²) in [7, 11) is 3.28. The number of aliphatic imine (C=N–C) groups is 1. The van der Waals surface area contributed by atoms with Crippen LogP contribution in [-0.4, -0.2) is 20.2 Å². The van der Waals surface area contributed by atoms with Gasteiger partial charge in [-0.05, 0) is 60.7 Å². The normalized spacial score (nSPS) is 13.5. The van der Waals surface area contributed by atoms with E-state index in [-0.39, 0.29) is 0 Å². The summed E-state index contributed by atoms with van der Waals surface area (Å²) in [5.74, 6) is 1.92. The maximum Gasteiger partial charge on any atom is 0.193 e. The Hall–Kier alpha value is -2.69. The molecular formula is C19H23N3O2. The minimum Gasteiger partial charge on any atom is -0.497 e. The van der Waals surface area contributed by atoms with Gasteiger partial charge in [-0.1, -0.05) is 6.07 Å². The lowest BCUT2D eigenvalue weighted by molar-refractivity contribution is 0.399. The van der Waals surface area contributed by atoms with E-state index in [2.05, 4.69) is 28.5 Å². The van der Waals surface area contributed by atoms with Crippen LogP contribution >= 0.6 is 0 Å². The highest BCUT2D eigenvalue weighted by Crippen LogP contribution is 2.26. The Morgan fingerprint density at radius 2 is 1.92 bits per heavy atom. The third-order valence-corrected chi connectivity index (χ3v) is 4.28. The van der Waals surface area contributed by atoms with Crippen molar-refractivity contribution in [1.29, 1.82) is 0 Å². The van der Waals surface area contributed by atoms with Crippen molar-refractivity contribution in [2.75, 3.05) is 19.5 Å².